The van der Waals surface area contributed by atoms with Crippen LogP contribution >= 0.6 is 11.3 Å². The third kappa shape index (κ3) is 2.92. The maximum atomic E-state index is 11.5. The number of rotatable bonds is 5. The lowest BCUT2D eigenvalue weighted by Gasteiger charge is -2.13. The van der Waals surface area contributed by atoms with Gasteiger partial charge in [-0.25, -0.2) is 9.78 Å². The lowest BCUT2D eigenvalue weighted by Crippen LogP contribution is -1.96. The minimum absolute atomic E-state index is 0.411. The molecule has 0 amide bonds. The molecule has 0 aliphatic rings. The highest BCUT2D eigenvalue weighted by molar-refractivity contribution is 7.16. The number of carbonyl (C=O) groups excluding carboxylic acids is 1. The van der Waals surface area contributed by atoms with Crippen molar-refractivity contribution in [1.29, 1.82) is 0 Å². The molecule has 6 nitrogen and oxygen atoms in total. The summed E-state index contributed by atoms with van der Waals surface area (Å²) in [5.41, 5.74) is 0.768. The van der Waals surface area contributed by atoms with E-state index in [1.807, 2.05) is 0 Å². The van der Waals surface area contributed by atoms with Crippen LogP contribution in [0.4, 0.5) is 0 Å². The second-order valence-electron chi connectivity index (χ2n) is 3.94. The van der Waals surface area contributed by atoms with E-state index in [4.69, 9.17) is 14.2 Å². The Labute approximate surface area is 126 Å². The predicted octanol–water partition coefficient (Wildman–Crippen LogP) is 2.62. The van der Waals surface area contributed by atoms with Gasteiger partial charge in [0.05, 0.1) is 34.6 Å². The maximum absolute atomic E-state index is 11.5. The molecule has 0 aliphatic carbocycles. The first-order chi connectivity index (χ1) is 10.1. The van der Waals surface area contributed by atoms with Crippen LogP contribution in [0.1, 0.15) is 9.67 Å². The highest BCUT2D eigenvalue weighted by Crippen LogP contribution is 2.41. The van der Waals surface area contributed by atoms with Gasteiger partial charge in [0.1, 0.15) is 9.88 Å². The first-order valence-electron chi connectivity index (χ1n) is 5.99. The Morgan fingerprint density at radius 3 is 2.14 bits per heavy atom. The number of esters is 1. The summed E-state index contributed by atoms with van der Waals surface area (Å²) in [5.74, 6) is 1.16. The molecule has 0 aliphatic heterocycles. The van der Waals surface area contributed by atoms with Gasteiger partial charge in [-0.05, 0) is 12.1 Å². The molecular formula is C14H15NO5S. The average Bonchev–Trinajstić information content (AvgIpc) is 3.02. The normalized spacial score (nSPS) is 10.1. The third-order valence-electron chi connectivity index (χ3n) is 2.80. The van der Waals surface area contributed by atoms with E-state index in [2.05, 4.69) is 9.72 Å². The SMILES string of the molecule is COC(=O)c1cnc(-c2cc(OC)c(OC)c(OC)c2)s1. The van der Waals surface area contributed by atoms with Gasteiger partial charge in [-0.1, -0.05) is 0 Å². The number of aromatic nitrogens is 1. The molecular weight excluding hydrogens is 294 g/mol. The van der Waals surface area contributed by atoms with Crippen LogP contribution in [0.5, 0.6) is 17.2 Å². The van der Waals surface area contributed by atoms with Crippen LogP contribution in [0.2, 0.25) is 0 Å². The van der Waals surface area contributed by atoms with Crippen LogP contribution in [0.3, 0.4) is 0 Å². The number of hydrogen-bond acceptors (Lipinski definition) is 7. The zero-order valence-electron chi connectivity index (χ0n) is 12.1. The van der Waals surface area contributed by atoms with E-state index in [0.29, 0.717) is 27.1 Å². The van der Waals surface area contributed by atoms with E-state index < -0.39 is 5.97 Å². The fraction of sp³-hybridized carbons (Fsp3) is 0.286. The molecule has 0 fully saturated rings. The molecule has 0 saturated heterocycles. The fourth-order valence-electron chi connectivity index (χ4n) is 1.81. The number of methoxy groups -OCH3 is 4. The summed E-state index contributed by atoms with van der Waals surface area (Å²) >= 11 is 1.23. The predicted molar refractivity (Wildman–Crippen MR) is 78.5 cm³/mol. The molecule has 21 heavy (non-hydrogen) atoms. The van der Waals surface area contributed by atoms with Crippen molar-refractivity contribution in [2.75, 3.05) is 28.4 Å². The van der Waals surface area contributed by atoms with E-state index in [-0.39, 0.29) is 0 Å². The van der Waals surface area contributed by atoms with Gasteiger partial charge in [0.2, 0.25) is 5.75 Å². The summed E-state index contributed by atoms with van der Waals surface area (Å²) in [6.45, 7) is 0. The summed E-state index contributed by atoms with van der Waals surface area (Å²) in [6.07, 6.45) is 1.48. The van der Waals surface area contributed by atoms with Crippen LogP contribution in [-0.4, -0.2) is 39.4 Å². The number of hydrogen-bond donors (Lipinski definition) is 0. The van der Waals surface area contributed by atoms with E-state index in [1.54, 1.807) is 33.5 Å². The largest absolute Gasteiger partial charge is 0.493 e. The Morgan fingerprint density at radius 2 is 1.67 bits per heavy atom. The second kappa shape index (κ2) is 6.45. The molecule has 2 aromatic rings. The standard InChI is InChI=1S/C14H15NO5S/c1-17-9-5-8(6-10(18-2)12(9)19-3)13-15-7-11(21-13)14(16)20-4/h5-7H,1-4H3. The quantitative estimate of drug-likeness (QED) is 0.791. The average molecular weight is 309 g/mol. The Kier molecular flexibility index (Phi) is 4.64. The monoisotopic (exact) mass is 309 g/mol. The van der Waals surface area contributed by atoms with Gasteiger partial charge in [-0.2, -0.15) is 0 Å². The first-order valence-corrected chi connectivity index (χ1v) is 6.80. The van der Waals surface area contributed by atoms with E-state index >= 15 is 0 Å². The lowest BCUT2D eigenvalue weighted by atomic mass is 10.2. The third-order valence-corrected chi connectivity index (χ3v) is 3.83. The van der Waals surface area contributed by atoms with Crippen LogP contribution in [-0.2, 0) is 4.74 Å². The number of benzene rings is 1. The van der Waals surface area contributed by atoms with Crippen LogP contribution in [0.25, 0.3) is 10.6 Å². The minimum atomic E-state index is -0.411. The number of nitrogens with zero attached hydrogens (tertiary/aromatic N) is 1. The van der Waals surface area contributed by atoms with E-state index in [0.717, 1.165) is 5.56 Å². The Bertz CT molecular complexity index is 628. The Hall–Kier alpha value is -2.28. The summed E-state index contributed by atoms with van der Waals surface area (Å²) in [7, 11) is 5.96. The molecule has 0 atom stereocenters. The van der Waals surface area contributed by atoms with Gasteiger partial charge in [0.25, 0.3) is 0 Å². The smallest absolute Gasteiger partial charge is 0.349 e. The van der Waals surface area contributed by atoms with Crippen molar-refractivity contribution in [3.05, 3.63) is 23.2 Å². The highest BCUT2D eigenvalue weighted by Gasteiger charge is 2.17. The topological polar surface area (TPSA) is 66.9 Å². The molecule has 7 heteroatoms. The molecule has 1 heterocycles. The summed E-state index contributed by atoms with van der Waals surface area (Å²) in [4.78, 5) is 16.1. The van der Waals surface area contributed by atoms with Crippen LogP contribution in [0, 0.1) is 0 Å². The van der Waals surface area contributed by atoms with Gasteiger partial charge in [0, 0.05) is 5.56 Å². The highest BCUT2D eigenvalue weighted by atomic mass is 32.1. The lowest BCUT2D eigenvalue weighted by molar-refractivity contribution is 0.0606. The van der Waals surface area contributed by atoms with E-state index in [9.17, 15) is 4.79 Å². The van der Waals surface area contributed by atoms with Crippen molar-refractivity contribution in [2.24, 2.45) is 0 Å². The molecule has 0 unspecified atom stereocenters. The number of thiazole rings is 1. The first kappa shape index (κ1) is 15.1. The summed E-state index contributed by atoms with van der Waals surface area (Å²) in [5, 5.41) is 0.662. The van der Waals surface area contributed by atoms with Gasteiger partial charge in [0.15, 0.2) is 11.5 Å². The van der Waals surface area contributed by atoms with Gasteiger partial charge in [-0.3, -0.25) is 0 Å². The van der Waals surface area contributed by atoms with Gasteiger partial charge >= 0.3 is 5.97 Å². The van der Waals surface area contributed by atoms with Crippen molar-refractivity contribution < 1.29 is 23.7 Å². The van der Waals surface area contributed by atoms with Crippen LogP contribution < -0.4 is 14.2 Å². The molecule has 0 N–H and O–H groups in total. The molecule has 0 radical (unpaired) electrons. The number of carbonyl (C=O) groups is 1. The molecule has 112 valence electrons. The fourth-order valence-corrected chi connectivity index (χ4v) is 2.63. The molecule has 0 saturated carbocycles. The minimum Gasteiger partial charge on any atom is -0.493 e. The summed E-state index contributed by atoms with van der Waals surface area (Å²) < 4.78 is 20.5. The van der Waals surface area contributed by atoms with Crippen molar-refractivity contribution in [1.82, 2.24) is 4.98 Å². The van der Waals surface area contributed by atoms with Crippen molar-refractivity contribution in [2.45, 2.75) is 0 Å². The molecule has 1 aromatic heterocycles. The molecule has 0 bridgehead atoms. The molecule has 0 spiro atoms. The van der Waals surface area contributed by atoms with E-state index in [1.165, 1.54) is 24.6 Å². The second-order valence-corrected chi connectivity index (χ2v) is 4.97. The summed E-state index contributed by atoms with van der Waals surface area (Å²) in [6, 6.07) is 3.56. The Balaban J connectivity index is 2.49. The Morgan fingerprint density at radius 1 is 1.05 bits per heavy atom. The van der Waals surface area contributed by atoms with Crippen LogP contribution in [0.15, 0.2) is 18.3 Å². The van der Waals surface area contributed by atoms with Gasteiger partial charge < -0.3 is 18.9 Å². The van der Waals surface area contributed by atoms with Crippen molar-refractivity contribution in [3.8, 4) is 27.8 Å². The van der Waals surface area contributed by atoms with Crippen molar-refractivity contribution in [3.63, 3.8) is 0 Å². The van der Waals surface area contributed by atoms with Gasteiger partial charge in [-0.15, -0.1) is 11.3 Å². The number of ether oxygens (including phenoxy) is 4. The maximum Gasteiger partial charge on any atom is 0.349 e. The molecule has 1 aromatic carbocycles. The van der Waals surface area contributed by atoms with Crippen molar-refractivity contribution >= 4 is 17.3 Å². The zero-order chi connectivity index (χ0) is 15.4. The molecule has 2 rings (SSSR count). The zero-order valence-corrected chi connectivity index (χ0v) is 12.9.